The highest BCUT2D eigenvalue weighted by Gasteiger charge is 2.15. The molecule has 6 heteroatoms. The molecule has 96 valence electrons. The molecule has 2 heterocycles. The van der Waals surface area contributed by atoms with Crippen LogP contribution in [0.4, 0.5) is 0 Å². The Labute approximate surface area is 113 Å². The van der Waals surface area contributed by atoms with Gasteiger partial charge in [-0.25, -0.2) is 4.98 Å². The van der Waals surface area contributed by atoms with Crippen LogP contribution in [0.25, 0.3) is 10.6 Å². The fourth-order valence-corrected chi connectivity index (χ4v) is 2.95. The van der Waals surface area contributed by atoms with Gasteiger partial charge in [0.15, 0.2) is 0 Å². The van der Waals surface area contributed by atoms with Crippen LogP contribution in [0.5, 0.6) is 0 Å². The minimum atomic E-state index is -0.228. The van der Waals surface area contributed by atoms with Crippen molar-refractivity contribution in [3.05, 3.63) is 27.9 Å². The van der Waals surface area contributed by atoms with Crippen LogP contribution in [-0.2, 0) is 0 Å². The lowest BCUT2D eigenvalue weighted by Gasteiger charge is -2.12. The number of thiophene rings is 1. The zero-order chi connectivity index (χ0) is 13.0. The third-order valence-electron chi connectivity index (χ3n) is 2.55. The van der Waals surface area contributed by atoms with Crippen LogP contribution in [0, 0.1) is 0 Å². The second kappa shape index (κ2) is 6.08. The number of nitrogens with one attached hydrogen (secondary N) is 1. The molecule has 0 fully saturated rings. The average Bonchev–Trinajstić information content (AvgIpc) is 3.04. The molecule has 4 nitrogen and oxygen atoms in total. The van der Waals surface area contributed by atoms with E-state index in [1.165, 1.54) is 11.3 Å². The smallest absolute Gasteiger partial charge is 0.271 e. The molecule has 0 aromatic carbocycles. The first-order valence-electron chi connectivity index (χ1n) is 5.64. The van der Waals surface area contributed by atoms with Gasteiger partial charge in [-0.05, 0) is 17.9 Å². The van der Waals surface area contributed by atoms with E-state index in [0.29, 0.717) is 12.1 Å². The summed E-state index contributed by atoms with van der Waals surface area (Å²) in [7, 11) is 0. The van der Waals surface area contributed by atoms with Crippen molar-refractivity contribution in [2.75, 3.05) is 6.61 Å². The van der Waals surface area contributed by atoms with Gasteiger partial charge in [-0.3, -0.25) is 4.79 Å². The van der Waals surface area contributed by atoms with E-state index < -0.39 is 0 Å². The summed E-state index contributed by atoms with van der Waals surface area (Å²) < 4.78 is 0. The number of carbonyl (C=O) groups excluding carboxylic acids is 1. The van der Waals surface area contributed by atoms with E-state index in [9.17, 15) is 4.79 Å². The van der Waals surface area contributed by atoms with Crippen LogP contribution in [0.15, 0.2) is 22.2 Å². The number of hydrogen-bond donors (Lipinski definition) is 2. The predicted molar refractivity (Wildman–Crippen MR) is 74.1 cm³/mol. The minimum absolute atomic E-state index is 0.0518. The molecule has 2 rings (SSSR count). The van der Waals surface area contributed by atoms with E-state index in [0.717, 1.165) is 10.6 Å². The first-order chi connectivity index (χ1) is 8.74. The van der Waals surface area contributed by atoms with Gasteiger partial charge in [-0.2, -0.15) is 11.3 Å². The number of amides is 1. The Hall–Kier alpha value is -1.24. The van der Waals surface area contributed by atoms with Crippen molar-refractivity contribution in [3.63, 3.8) is 0 Å². The van der Waals surface area contributed by atoms with Crippen molar-refractivity contribution in [2.45, 2.75) is 19.4 Å². The summed E-state index contributed by atoms with van der Waals surface area (Å²) in [5.74, 6) is -0.228. The van der Waals surface area contributed by atoms with E-state index in [-0.39, 0.29) is 18.6 Å². The van der Waals surface area contributed by atoms with Gasteiger partial charge in [-0.1, -0.05) is 6.92 Å². The standard InChI is InChI=1S/C12H14N2O2S2/c1-2-9(5-15)13-11(16)10-7-18-12(14-10)8-3-4-17-6-8/h3-4,6-7,9,15H,2,5H2,1H3,(H,13,16)/t9-/m1/s1. The van der Waals surface area contributed by atoms with Crippen molar-refractivity contribution in [1.29, 1.82) is 0 Å². The van der Waals surface area contributed by atoms with Crippen LogP contribution in [0.2, 0.25) is 0 Å². The van der Waals surface area contributed by atoms with E-state index >= 15 is 0 Å². The summed E-state index contributed by atoms with van der Waals surface area (Å²) in [5.41, 5.74) is 1.45. The molecule has 0 saturated heterocycles. The average molecular weight is 282 g/mol. The molecule has 0 unspecified atom stereocenters. The lowest BCUT2D eigenvalue weighted by molar-refractivity contribution is 0.0910. The van der Waals surface area contributed by atoms with Crippen LogP contribution < -0.4 is 5.32 Å². The number of nitrogens with zero attached hydrogens (tertiary/aromatic N) is 1. The Bertz CT molecular complexity index is 504. The second-order valence-electron chi connectivity index (χ2n) is 3.81. The van der Waals surface area contributed by atoms with Crippen LogP contribution in [-0.4, -0.2) is 28.6 Å². The Morgan fingerprint density at radius 1 is 1.56 bits per heavy atom. The van der Waals surface area contributed by atoms with Gasteiger partial charge in [0.2, 0.25) is 0 Å². The molecule has 0 bridgehead atoms. The lowest BCUT2D eigenvalue weighted by atomic mass is 10.2. The number of carbonyl (C=O) groups is 1. The van der Waals surface area contributed by atoms with Crippen molar-refractivity contribution in [3.8, 4) is 10.6 Å². The number of rotatable bonds is 5. The largest absolute Gasteiger partial charge is 0.394 e. The molecule has 0 radical (unpaired) electrons. The Morgan fingerprint density at radius 2 is 2.39 bits per heavy atom. The SMILES string of the molecule is CC[C@H](CO)NC(=O)c1csc(-c2ccsc2)n1. The summed E-state index contributed by atoms with van der Waals surface area (Å²) in [6.45, 7) is 1.86. The van der Waals surface area contributed by atoms with E-state index in [1.807, 2.05) is 23.8 Å². The monoisotopic (exact) mass is 282 g/mol. The van der Waals surface area contributed by atoms with Crippen LogP contribution >= 0.6 is 22.7 Å². The maximum Gasteiger partial charge on any atom is 0.271 e. The van der Waals surface area contributed by atoms with Crippen molar-refractivity contribution in [1.82, 2.24) is 10.3 Å². The topological polar surface area (TPSA) is 62.2 Å². The molecule has 2 aromatic heterocycles. The second-order valence-corrected chi connectivity index (χ2v) is 5.45. The molecular weight excluding hydrogens is 268 g/mol. The molecular formula is C12H14N2O2S2. The summed E-state index contributed by atoms with van der Waals surface area (Å²) in [4.78, 5) is 16.2. The zero-order valence-electron chi connectivity index (χ0n) is 9.92. The summed E-state index contributed by atoms with van der Waals surface area (Å²) in [6.07, 6.45) is 0.698. The van der Waals surface area contributed by atoms with E-state index in [4.69, 9.17) is 5.11 Å². The fraction of sp³-hybridized carbons (Fsp3) is 0.333. The van der Waals surface area contributed by atoms with Crippen molar-refractivity contribution < 1.29 is 9.90 Å². The third kappa shape index (κ3) is 2.95. The van der Waals surface area contributed by atoms with Crippen molar-refractivity contribution in [2.24, 2.45) is 0 Å². The van der Waals surface area contributed by atoms with Gasteiger partial charge in [0.05, 0.1) is 12.6 Å². The number of thiazole rings is 1. The van der Waals surface area contributed by atoms with Gasteiger partial charge in [0, 0.05) is 16.3 Å². The van der Waals surface area contributed by atoms with Crippen LogP contribution in [0.1, 0.15) is 23.8 Å². The normalized spacial score (nSPS) is 12.3. The van der Waals surface area contributed by atoms with E-state index in [1.54, 1.807) is 16.7 Å². The molecule has 1 amide bonds. The first-order valence-corrected chi connectivity index (χ1v) is 7.46. The highest BCUT2D eigenvalue weighted by atomic mass is 32.1. The molecule has 2 N–H and O–H groups in total. The summed E-state index contributed by atoms with van der Waals surface area (Å²) in [5, 5.41) is 18.4. The summed E-state index contributed by atoms with van der Waals surface area (Å²) >= 11 is 3.05. The lowest BCUT2D eigenvalue weighted by Crippen LogP contribution is -2.37. The van der Waals surface area contributed by atoms with Gasteiger partial charge in [0.1, 0.15) is 10.7 Å². The highest BCUT2D eigenvalue weighted by Crippen LogP contribution is 2.25. The molecule has 0 saturated carbocycles. The number of aliphatic hydroxyl groups is 1. The number of aromatic nitrogens is 1. The van der Waals surface area contributed by atoms with Gasteiger partial charge < -0.3 is 10.4 Å². The molecule has 0 aliphatic heterocycles. The van der Waals surface area contributed by atoms with Crippen LogP contribution in [0.3, 0.4) is 0 Å². The first kappa shape index (κ1) is 13.2. The Kier molecular flexibility index (Phi) is 4.46. The maximum atomic E-state index is 11.9. The van der Waals surface area contributed by atoms with Gasteiger partial charge >= 0.3 is 0 Å². The maximum absolute atomic E-state index is 11.9. The van der Waals surface area contributed by atoms with Gasteiger partial charge in [-0.15, -0.1) is 11.3 Å². The highest BCUT2D eigenvalue weighted by molar-refractivity contribution is 7.14. The molecule has 1 atom stereocenters. The quantitative estimate of drug-likeness (QED) is 0.885. The third-order valence-corrected chi connectivity index (χ3v) is 4.13. The van der Waals surface area contributed by atoms with Gasteiger partial charge in [0.25, 0.3) is 5.91 Å². The predicted octanol–water partition coefficient (Wildman–Crippen LogP) is 2.37. The zero-order valence-corrected chi connectivity index (χ0v) is 11.6. The fourth-order valence-electron chi connectivity index (χ4n) is 1.43. The number of aliphatic hydroxyl groups excluding tert-OH is 1. The molecule has 2 aromatic rings. The summed E-state index contributed by atoms with van der Waals surface area (Å²) in [6, 6.07) is 1.78. The molecule has 0 aliphatic rings. The van der Waals surface area contributed by atoms with E-state index in [2.05, 4.69) is 10.3 Å². The minimum Gasteiger partial charge on any atom is -0.394 e. The Morgan fingerprint density at radius 3 is 3.00 bits per heavy atom. The molecule has 18 heavy (non-hydrogen) atoms. The number of hydrogen-bond acceptors (Lipinski definition) is 5. The molecule has 0 spiro atoms. The molecule has 0 aliphatic carbocycles. The van der Waals surface area contributed by atoms with Crippen molar-refractivity contribution >= 4 is 28.6 Å². The Balaban J connectivity index is 2.08.